The van der Waals surface area contributed by atoms with Crippen LogP contribution in [0.5, 0.6) is 0 Å². The number of likely N-dealkylation sites (tertiary alicyclic amines) is 1. The summed E-state index contributed by atoms with van der Waals surface area (Å²) in [7, 11) is 0. The lowest BCUT2D eigenvalue weighted by Gasteiger charge is -2.45. The normalized spacial score (nSPS) is 20.4. The number of ether oxygens (including phenoxy) is 1. The molecule has 1 fully saturated rings. The van der Waals surface area contributed by atoms with Crippen LogP contribution in [-0.4, -0.2) is 24.6 Å². The van der Waals surface area contributed by atoms with E-state index in [-0.39, 0.29) is 5.60 Å². The zero-order valence-electron chi connectivity index (χ0n) is 13.3. The molecule has 0 bridgehead atoms. The van der Waals surface area contributed by atoms with Crippen molar-refractivity contribution >= 4 is 11.6 Å². The SMILES string of the molecule is Clc1cccc2c1CCOC21CCN(Cc2ccccc2)CC1. The fourth-order valence-electron chi connectivity index (χ4n) is 3.99. The van der Waals surface area contributed by atoms with Crippen LogP contribution in [0.1, 0.15) is 29.5 Å². The average molecular weight is 328 g/mol. The Balaban J connectivity index is 1.51. The van der Waals surface area contributed by atoms with Crippen LogP contribution in [-0.2, 0) is 23.3 Å². The Hall–Kier alpha value is -1.35. The smallest absolute Gasteiger partial charge is 0.0959 e. The standard InChI is InChI=1S/C20H22ClNO/c21-19-8-4-7-18-17(19)9-14-23-20(18)10-12-22(13-11-20)15-16-5-2-1-3-6-16/h1-8H,9-15H2. The van der Waals surface area contributed by atoms with E-state index in [0.717, 1.165) is 50.5 Å². The maximum absolute atomic E-state index is 6.41. The fraction of sp³-hybridized carbons (Fsp3) is 0.400. The molecule has 0 saturated carbocycles. The van der Waals surface area contributed by atoms with Gasteiger partial charge in [0.15, 0.2) is 0 Å². The molecule has 2 aliphatic rings. The second-order valence-corrected chi connectivity index (χ2v) is 7.03. The molecule has 23 heavy (non-hydrogen) atoms. The summed E-state index contributed by atoms with van der Waals surface area (Å²) in [6.45, 7) is 3.95. The molecule has 0 atom stereocenters. The van der Waals surface area contributed by atoms with E-state index in [1.165, 1.54) is 16.7 Å². The van der Waals surface area contributed by atoms with Crippen molar-refractivity contribution in [2.75, 3.05) is 19.7 Å². The van der Waals surface area contributed by atoms with Crippen molar-refractivity contribution in [2.24, 2.45) is 0 Å². The zero-order valence-corrected chi connectivity index (χ0v) is 14.1. The van der Waals surface area contributed by atoms with Crippen LogP contribution in [0, 0.1) is 0 Å². The maximum Gasteiger partial charge on any atom is 0.0959 e. The molecule has 120 valence electrons. The van der Waals surface area contributed by atoms with Crippen LogP contribution in [0.2, 0.25) is 5.02 Å². The second-order valence-electron chi connectivity index (χ2n) is 6.62. The summed E-state index contributed by atoms with van der Waals surface area (Å²) in [6.07, 6.45) is 3.03. The number of nitrogens with zero attached hydrogens (tertiary/aromatic N) is 1. The van der Waals surface area contributed by atoms with Gasteiger partial charge in [-0.15, -0.1) is 0 Å². The summed E-state index contributed by atoms with van der Waals surface area (Å²) in [6, 6.07) is 17.0. The lowest BCUT2D eigenvalue weighted by atomic mass is 9.79. The molecular weight excluding hydrogens is 306 g/mol. The highest BCUT2D eigenvalue weighted by molar-refractivity contribution is 6.31. The molecule has 2 heterocycles. The van der Waals surface area contributed by atoms with Crippen molar-refractivity contribution in [2.45, 2.75) is 31.4 Å². The Bertz CT molecular complexity index is 677. The predicted molar refractivity (Wildman–Crippen MR) is 93.7 cm³/mol. The number of hydrogen-bond acceptors (Lipinski definition) is 2. The van der Waals surface area contributed by atoms with Gasteiger partial charge in [-0.2, -0.15) is 0 Å². The second kappa shape index (κ2) is 6.27. The predicted octanol–water partition coefficient (Wildman–Crippen LogP) is 4.40. The number of hydrogen-bond donors (Lipinski definition) is 0. The van der Waals surface area contributed by atoms with E-state index in [0.29, 0.717) is 0 Å². The minimum Gasteiger partial charge on any atom is -0.370 e. The Morgan fingerprint density at radius 3 is 2.57 bits per heavy atom. The summed E-state index contributed by atoms with van der Waals surface area (Å²) in [4.78, 5) is 2.53. The molecule has 0 amide bonds. The molecule has 2 aliphatic heterocycles. The minimum absolute atomic E-state index is 0.119. The van der Waals surface area contributed by atoms with Crippen molar-refractivity contribution in [3.05, 3.63) is 70.2 Å². The summed E-state index contributed by atoms with van der Waals surface area (Å²) in [5.41, 5.74) is 3.90. The van der Waals surface area contributed by atoms with E-state index in [2.05, 4.69) is 47.4 Å². The van der Waals surface area contributed by atoms with Gasteiger partial charge < -0.3 is 4.74 Å². The third-order valence-corrected chi connectivity index (χ3v) is 5.61. The van der Waals surface area contributed by atoms with Crippen LogP contribution in [0.3, 0.4) is 0 Å². The van der Waals surface area contributed by atoms with Gasteiger partial charge in [0.05, 0.1) is 12.2 Å². The van der Waals surface area contributed by atoms with E-state index in [9.17, 15) is 0 Å². The molecule has 2 nitrogen and oxygen atoms in total. The number of piperidine rings is 1. The van der Waals surface area contributed by atoms with Crippen LogP contribution in [0.15, 0.2) is 48.5 Å². The van der Waals surface area contributed by atoms with Gasteiger partial charge in [0, 0.05) is 24.7 Å². The molecule has 1 saturated heterocycles. The van der Waals surface area contributed by atoms with Gasteiger partial charge in [-0.1, -0.05) is 54.1 Å². The van der Waals surface area contributed by atoms with Gasteiger partial charge in [-0.05, 0) is 42.0 Å². The Kier molecular flexibility index (Phi) is 4.14. The van der Waals surface area contributed by atoms with E-state index in [1.807, 2.05) is 6.07 Å². The highest BCUT2D eigenvalue weighted by Gasteiger charge is 2.41. The van der Waals surface area contributed by atoms with Crippen LogP contribution in [0.25, 0.3) is 0 Å². The quantitative estimate of drug-likeness (QED) is 0.810. The molecule has 0 unspecified atom stereocenters. The zero-order chi connectivity index (χ0) is 15.7. The fourth-order valence-corrected chi connectivity index (χ4v) is 4.26. The van der Waals surface area contributed by atoms with Crippen molar-refractivity contribution in [3.8, 4) is 0 Å². The van der Waals surface area contributed by atoms with Crippen molar-refractivity contribution < 1.29 is 4.74 Å². The molecule has 2 aromatic rings. The largest absolute Gasteiger partial charge is 0.370 e. The van der Waals surface area contributed by atoms with Gasteiger partial charge in [0.25, 0.3) is 0 Å². The highest BCUT2D eigenvalue weighted by Crippen LogP contribution is 2.43. The highest BCUT2D eigenvalue weighted by atomic mass is 35.5. The Morgan fingerprint density at radius 2 is 1.78 bits per heavy atom. The monoisotopic (exact) mass is 327 g/mol. The van der Waals surface area contributed by atoms with E-state index in [4.69, 9.17) is 16.3 Å². The van der Waals surface area contributed by atoms with Crippen molar-refractivity contribution in [1.82, 2.24) is 4.90 Å². The summed E-state index contributed by atoms with van der Waals surface area (Å²) in [5, 5.41) is 0.900. The Labute approximate surface area is 143 Å². The average Bonchev–Trinajstić information content (AvgIpc) is 2.59. The molecular formula is C20H22ClNO. The number of halogens is 1. The first-order chi connectivity index (χ1) is 11.3. The molecule has 0 radical (unpaired) electrons. The molecule has 0 aliphatic carbocycles. The number of rotatable bonds is 2. The third-order valence-electron chi connectivity index (χ3n) is 5.25. The minimum atomic E-state index is -0.119. The van der Waals surface area contributed by atoms with E-state index >= 15 is 0 Å². The lowest BCUT2D eigenvalue weighted by molar-refractivity contribution is -0.0989. The van der Waals surface area contributed by atoms with Crippen LogP contribution in [0.4, 0.5) is 0 Å². The number of benzene rings is 2. The van der Waals surface area contributed by atoms with Gasteiger partial charge in [-0.3, -0.25) is 4.90 Å². The van der Waals surface area contributed by atoms with Crippen LogP contribution >= 0.6 is 11.6 Å². The molecule has 2 aromatic carbocycles. The van der Waals surface area contributed by atoms with E-state index < -0.39 is 0 Å². The first-order valence-corrected chi connectivity index (χ1v) is 8.83. The molecule has 0 N–H and O–H groups in total. The van der Waals surface area contributed by atoms with E-state index in [1.54, 1.807) is 0 Å². The molecule has 1 spiro atoms. The van der Waals surface area contributed by atoms with Gasteiger partial charge in [-0.25, -0.2) is 0 Å². The number of fused-ring (bicyclic) bond motifs is 2. The molecule has 0 aromatic heterocycles. The van der Waals surface area contributed by atoms with Gasteiger partial charge in [0.2, 0.25) is 0 Å². The van der Waals surface area contributed by atoms with Gasteiger partial charge >= 0.3 is 0 Å². The third kappa shape index (κ3) is 2.91. The van der Waals surface area contributed by atoms with Crippen molar-refractivity contribution in [3.63, 3.8) is 0 Å². The van der Waals surface area contributed by atoms with Crippen LogP contribution < -0.4 is 0 Å². The first kappa shape index (κ1) is 15.2. The van der Waals surface area contributed by atoms with Crippen molar-refractivity contribution in [1.29, 1.82) is 0 Å². The maximum atomic E-state index is 6.41. The summed E-state index contributed by atoms with van der Waals surface area (Å²) < 4.78 is 6.30. The Morgan fingerprint density at radius 1 is 1.00 bits per heavy atom. The first-order valence-electron chi connectivity index (χ1n) is 8.45. The summed E-state index contributed by atoms with van der Waals surface area (Å²) >= 11 is 6.41. The molecule has 4 rings (SSSR count). The topological polar surface area (TPSA) is 12.5 Å². The molecule has 3 heteroatoms. The summed E-state index contributed by atoms with van der Waals surface area (Å²) in [5.74, 6) is 0. The lowest BCUT2D eigenvalue weighted by Crippen LogP contribution is -2.46. The van der Waals surface area contributed by atoms with Gasteiger partial charge in [0.1, 0.15) is 0 Å².